The van der Waals surface area contributed by atoms with Crippen LogP contribution < -0.4 is 0 Å². The SMILES string of the molecule is CCN(CC)CCCC[C@@H](CCO)CC(C)(C)C. The van der Waals surface area contributed by atoms with Crippen molar-refractivity contribution in [2.24, 2.45) is 11.3 Å². The van der Waals surface area contributed by atoms with Gasteiger partial charge in [-0.3, -0.25) is 0 Å². The fraction of sp³-hybridized carbons (Fsp3) is 1.00. The van der Waals surface area contributed by atoms with Crippen LogP contribution in [0, 0.1) is 11.3 Å². The third-order valence-corrected chi connectivity index (χ3v) is 3.67. The Morgan fingerprint density at radius 3 is 2.06 bits per heavy atom. The quantitative estimate of drug-likeness (QED) is 0.599. The van der Waals surface area contributed by atoms with Crippen molar-refractivity contribution in [2.75, 3.05) is 26.2 Å². The fourth-order valence-corrected chi connectivity index (χ4v) is 2.71. The maximum Gasteiger partial charge on any atom is 0.0433 e. The van der Waals surface area contributed by atoms with Crippen LogP contribution in [0.1, 0.15) is 66.7 Å². The second kappa shape index (κ2) is 9.80. The molecule has 0 aromatic heterocycles. The molecular weight excluding hydrogens is 222 g/mol. The van der Waals surface area contributed by atoms with Crippen LogP contribution in [-0.2, 0) is 0 Å². The van der Waals surface area contributed by atoms with Crippen LogP contribution in [0.2, 0.25) is 0 Å². The topological polar surface area (TPSA) is 23.5 Å². The summed E-state index contributed by atoms with van der Waals surface area (Å²) in [5, 5.41) is 9.15. The molecule has 0 heterocycles. The standard InChI is InChI=1S/C16H35NO/c1-6-17(7-2)12-9-8-10-15(11-13-18)14-16(3,4)5/h15,18H,6-14H2,1-5H3/t15-/m0/s1. The Kier molecular flexibility index (Phi) is 9.76. The van der Waals surface area contributed by atoms with Gasteiger partial charge in [0.1, 0.15) is 0 Å². The Bertz CT molecular complexity index is 182. The van der Waals surface area contributed by atoms with Crippen LogP contribution in [0.25, 0.3) is 0 Å². The first-order chi connectivity index (χ1) is 8.42. The van der Waals surface area contributed by atoms with E-state index in [2.05, 4.69) is 39.5 Å². The molecule has 1 atom stereocenters. The predicted molar refractivity (Wildman–Crippen MR) is 80.9 cm³/mol. The Balaban J connectivity index is 3.83. The zero-order chi connectivity index (χ0) is 14.0. The van der Waals surface area contributed by atoms with Crippen molar-refractivity contribution < 1.29 is 5.11 Å². The average molecular weight is 257 g/mol. The second-order valence-corrected chi connectivity index (χ2v) is 6.67. The van der Waals surface area contributed by atoms with Gasteiger partial charge in [0.15, 0.2) is 0 Å². The third kappa shape index (κ3) is 9.90. The maximum absolute atomic E-state index is 9.15. The summed E-state index contributed by atoms with van der Waals surface area (Å²) in [6.07, 6.45) is 6.09. The molecule has 2 nitrogen and oxygen atoms in total. The summed E-state index contributed by atoms with van der Waals surface area (Å²) < 4.78 is 0. The minimum Gasteiger partial charge on any atom is -0.396 e. The van der Waals surface area contributed by atoms with E-state index < -0.39 is 0 Å². The molecule has 0 spiro atoms. The number of hydrogen-bond acceptors (Lipinski definition) is 2. The Morgan fingerprint density at radius 1 is 1.00 bits per heavy atom. The first kappa shape index (κ1) is 17.9. The van der Waals surface area contributed by atoms with Crippen LogP contribution >= 0.6 is 0 Å². The van der Waals surface area contributed by atoms with Gasteiger partial charge in [-0.25, -0.2) is 0 Å². The van der Waals surface area contributed by atoms with E-state index in [1.165, 1.54) is 45.3 Å². The average Bonchev–Trinajstić information content (AvgIpc) is 2.27. The van der Waals surface area contributed by atoms with E-state index in [4.69, 9.17) is 5.11 Å². The summed E-state index contributed by atoms with van der Waals surface area (Å²) in [5.41, 5.74) is 0.388. The Hall–Kier alpha value is -0.0800. The molecule has 0 aromatic rings. The number of unbranched alkanes of at least 4 members (excludes halogenated alkanes) is 1. The molecule has 0 bridgehead atoms. The summed E-state index contributed by atoms with van der Waals surface area (Å²) in [6.45, 7) is 15.3. The summed E-state index contributed by atoms with van der Waals surface area (Å²) in [5.74, 6) is 0.701. The molecule has 0 radical (unpaired) electrons. The molecule has 0 aliphatic rings. The highest BCUT2D eigenvalue weighted by atomic mass is 16.3. The summed E-state index contributed by atoms with van der Waals surface area (Å²) in [7, 11) is 0. The van der Waals surface area contributed by atoms with Crippen LogP contribution in [0.4, 0.5) is 0 Å². The number of aliphatic hydroxyl groups is 1. The molecule has 0 unspecified atom stereocenters. The van der Waals surface area contributed by atoms with Crippen LogP contribution in [0.5, 0.6) is 0 Å². The highest BCUT2D eigenvalue weighted by molar-refractivity contribution is 4.69. The first-order valence-corrected chi connectivity index (χ1v) is 7.76. The highest BCUT2D eigenvalue weighted by Crippen LogP contribution is 2.29. The van der Waals surface area contributed by atoms with Gasteiger partial charge in [-0.05, 0) is 50.2 Å². The van der Waals surface area contributed by atoms with Gasteiger partial charge in [-0.15, -0.1) is 0 Å². The van der Waals surface area contributed by atoms with Gasteiger partial charge >= 0.3 is 0 Å². The molecule has 0 aromatic carbocycles. The van der Waals surface area contributed by atoms with E-state index in [9.17, 15) is 0 Å². The summed E-state index contributed by atoms with van der Waals surface area (Å²) in [6, 6.07) is 0. The van der Waals surface area contributed by atoms with E-state index in [-0.39, 0.29) is 0 Å². The molecular formula is C16H35NO. The smallest absolute Gasteiger partial charge is 0.0433 e. The van der Waals surface area contributed by atoms with Gasteiger partial charge in [0, 0.05) is 6.61 Å². The molecule has 110 valence electrons. The third-order valence-electron chi connectivity index (χ3n) is 3.67. The maximum atomic E-state index is 9.15. The zero-order valence-electron chi connectivity index (χ0n) is 13.3. The molecule has 0 saturated carbocycles. The lowest BCUT2D eigenvalue weighted by molar-refractivity contribution is 0.204. The highest BCUT2D eigenvalue weighted by Gasteiger charge is 2.18. The van der Waals surface area contributed by atoms with Crippen molar-refractivity contribution >= 4 is 0 Å². The van der Waals surface area contributed by atoms with Crippen LogP contribution in [0.3, 0.4) is 0 Å². The monoisotopic (exact) mass is 257 g/mol. The minimum atomic E-state index is 0.344. The molecule has 1 N–H and O–H groups in total. The normalized spacial score (nSPS) is 14.2. The van der Waals surface area contributed by atoms with E-state index in [0.29, 0.717) is 17.9 Å². The van der Waals surface area contributed by atoms with E-state index in [1.54, 1.807) is 0 Å². The number of rotatable bonds is 10. The minimum absolute atomic E-state index is 0.344. The number of hydrogen-bond donors (Lipinski definition) is 1. The number of nitrogens with zero attached hydrogens (tertiary/aromatic N) is 1. The van der Waals surface area contributed by atoms with Crippen molar-refractivity contribution in [1.82, 2.24) is 4.90 Å². The van der Waals surface area contributed by atoms with Gasteiger partial charge in [0.05, 0.1) is 0 Å². The van der Waals surface area contributed by atoms with Crippen LogP contribution in [-0.4, -0.2) is 36.2 Å². The van der Waals surface area contributed by atoms with E-state index in [1.807, 2.05) is 0 Å². The van der Waals surface area contributed by atoms with E-state index >= 15 is 0 Å². The van der Waals surface area contributed by atoms with Gasteiger partial charge in [-0.2, -0.15) is 0 Å². The van der Waals surface area contributed by atoms with Crippen molar-refractivity contribution in [3.63, 3.8) is 0 Å². The molecule has 0 fully saturated rings. The van der Waals surface area contributed by atoms with Crippen molar-refractivity contribution in [2.45, 2.75) is 66.7 Å². The zero-order valence-corrected chi connectivity index (χ0v) is 13.3. The molecule has 0 rings (SSSR count). The van der Waals surface area contributed by atoms with Crippen molar-refractivity contribution in [3.8, 4) is 0 Å². The number of aliphatic hydroxyl groups excluding tert-OH is 1. The summed E-state index contributed by atoms with van der Waals surface area (Å²) >= 11 is 0. The largest absolute Gasteiger partial charge is 0.396 e. The van der Waals surface area contributed by atoms with Gasteiger partial charge in [0.25, 0.3) is 0 Å². The lowest BCUT2D eigenvalue weighted by atomic mass is 9.81. The molecule has 0 amide bonds. The lowest BCUT2D eigenvalue weighted by Crippen LogP contribution is -2.24. The molecule has 18 heavy (non-hydrogen) atoms. The second-order valence-electron chi connectivity index (χ2n) is 6.67. The molecule has 0 saturated heterocycles. The lowest BCUT2D eigenvalue weighted by Gasteiger charge is -2.26. The van der Waals surface area contributed by atoms with Gasteiger partial charge < -0.3 is 10.0 Å². The first-order valence-electron chi connectivity index (χ1n) is 7.76. The van der Waals surface area contributed by atoms with Crippen LogP contribution in [0.15, 0.2) is 0 Å². The predicted octanol–water partition coefficient (Wildman–Crippen LogP) is 3.93. The van der Waals surface area contributed by atoms with Crippen molar-refractivity contribution in [1.29, 1.82) is 0 Å². The molecule has 0 aliphatic carbocycles. The molecule has 2 heteroatoms. The van der Waals surface area contributed by atoms with E-state index in [0.717, 1.165) is 6.42 Å². The van der Waals surface area contributed by atoms with Gasteiger partial charge in [-0.1, -0.05) is 47.5 Å². The Labute approximate surface area is 115 Å². The summed E-state index contributed by atoms with van der Waals surface area (Å²) in [4.78, 5) is 2.49. The molecule has 0 aliphatic heterocycles. The van der Waals surface area contributed by atoms with Crippen molar-refractivity contribution in [3.05, 3.63) is 0 Å². The fourth-order valence-electron chi connectivity index (χ4n) is 2.71. The Morgan fingerprint density at radius 2 is 1.61 bits per heavy atom. The van der Waals surface area contributed by atoms with Gasteiger partial charge in [0.2, 0.25) is 0 Å².